The van der Waals surface area contributed by atoms with E-state index in [1.54, 1.807) is 6.07 Å². The fourth-order valence-corrected chi connectivity index (χ4v) is 4.35. The molecule has 7 heteroatoms. The highest BCUT2D eigenvalue weighted by atomic mass is 19.1. The van der Waals surface area contributed by atoms with Crippen LogP contribution in [0.5, 0.6) is 0 Å². The Morgan fingerprint density at radius 1 is 1.22 bits per heavy atom. The van der Waals surface area contributed by atoms with Gasteiger partial charge in [-0.25, -0.2) is 4.39 Å². The number of para-hydroxylation sites is 1. The van der Waals surface area contributed by atoms with Crippen LogP contribution >= 0.6 is 0 Å². The molecule has 0 spiro atoms. The summed E-state index contributed by atoms with van der Waals surface area (Å²) in [6.45, 7) is 6.22. The minimum Gasteiger partial charge on any atom is -0.369 e. The Balaban J connectivity index is 1.66. The summed E-state index contributed by atoms with van der Waals surface area (Å²) in [5.74, 6) is -0.226. The van der Waals surface area contributed by atoms with E-state index in [4.69, 9.17) is 0 Å². The lowest BCUT2D eigenvalue weighted by Gasteiger charge is -2.39. The number of nitrogens with zero attached hydrogens (tertiary/aromatic N) is 2. The van der Waals surface area contributed by atoms with Crippen LogP contribution in [-0.4, -0.2) is 61.0 Å². The lowest BCUT2D eigenvalue weighted by atomic mass is 10.0. The summed E-state index contributed by atoms with van der Waals surface area (Å²) in [6, 6.07) is 6.91. The van der Waals surface area contributed by atoms with Gasteiger partial charge in [0.05, 0.1) is 11.7 Å². The zero-order chi connectivity index (χ0) is 19.4. The van der Waals surface area contributed by atoms with Crippen molar-refractivity contribution in [1.29, 1.82) is 0 Å². The summed E-state index contributed by atoms with van der Waals surface area (Å²) in [7, 11) is 0. The van der Waals surface area contributed by atoms with Gasteiger partial charge in [-0.1, -0.05) is 12.1 Å². The fourth-order valence-electron chi connectivity index (χ4n) is 4.35. The average Bonchev–Trinajstić information content (AvgIpc) is 3.06. The van der Waals surface area contributed by atoms with E-state index in [-0.39, 0.29) is 35.8 Å². The number of nitrogens with one attached hydrogen (secondary N) is 2. The van der Waals surface area contributed by atoms with Crippen molar-refractivity contribution in [2.24, 2.45) is 0 Å². The molecule has 2 atom stereocenters. The molecule has 2 amide bonds. The molecule has 2 fully saturated rings. The van der Waals surface area contributed by atoms with Gasteiger partial charge in [-0.2, -0.15) is 0 Å². The van der Waals surface area contributed by atoms with Crippen LogP contribution in [0.4, 0.5) is 10.1 Å². The van der Waals surface area contributed by atoms with Gasteiger partial charge >= 0.3 is 0 Å². The molecular formula is C20H29FN4O2. The first kappa shape index (κ1) is 19.6. The molecule has 1 aromatic rings. The molecule has 0 unspecified atom stereocenters. The third-order valence-corrected chi connectivity index (χ3v) is 5.53. The fraction of sp³-hybridized carbons (Fsp3) is 0.600. The topological polar surface area (TPSA) is 64.7 Å². The van der Waals surface area contributed by atoms with Gasteiger partial charge in [0.1, 0.15) is 5.82 Å². The van der Waals surface area contributed by atoms with E-state index < -0.39 is 0 Å². The number of piperidine rings is 1. The summed E-state index contributed by atoms with van der Waals surface area (Å²) in [5.41, 5.74) is 0.647. The number of benzene rings is 1. The third kappa shape index (κ3) is 4.58. The van der Waals surface area contributed by atoms with Gasteiger partial charge in [0.15, 0.2) is 0 Å². The highest BCUT2D eigenvalue weighted by Gasteiger charge is 2.41. The Morgan fingerprint density at radius 2 is 1.93 bits per heavy atom. The zero-order valence-corrected chi connectivity index (χ0v) is 16.1. The molecule has 0 saturated carbocycles. The summed E-state index contributed by atoms with van der Waals surface area (Å²) in [4.78, 5) is 28.3. The number of amides is 2. The molecule has 0 bridgehead atoms. The average molecular weight is 376 g/mol. The molecule has 1 aromatic carbocycles. The van der Waals surface area contributed by atoms with Crippen LogP contribution in [-0.2, 0) is 9.59 Å². The first-order chi connectivity index (χ1) is 13.0. The van der Waals surface area contributed by atoms with Gasteiger partial charge in [0.25, 0.3) is 0 Å². The highest BCUT2D eigenvalue weighted by molar-refractivity contribution is 5.82. The van der Waals surface area contributed by atoms with Crippen molar-refractivity contribution in [3.05, 3.63) is 30.1 Å². The van der Waals surface area contributed by atoms with E-state index in [1.807, 2.05) is 19.1 Å². The van der Waals surface area contributed by atoms with E-state index in [2.05, 4.69) is 20.4 Å². The Bertz CT molecular complexity index is 676. The first-order valence-electron chi connectivity index (χ1n) is 9.79. The number of likely N-dealkylation sites (N-methyl/N-ethyl adjacent to an activating group) is 1. The first-order valence-corrected chi connectivity index (χ1v) is 9.79. The van der Waals surface area contributed by atoms with E-state index in [0.717, 1.165) is 25.9 Å². The number of halogens is 1. The Morgan fingerprint density at radius 3 is 2.56 bits per heavy atom. The number of rotatable bonds is 5. The summed E-state index contributed by atoms with van der Waals surface area (Å²) in [6.07, 6.45) is 2.38. The van der Waals surface area contributed by atoms with Crippen LogP contribution in [0.25, 0.3) is 0 Å². The molecule has 6 nitrogen and oxygen atoms in total. The second-order valence-corrected chi connectivity index (χ2v) is 7.41. The quantitative estimate of drug-likeness (QED) is 0.818. The van der Waals surface area contributed by atoms with Crippen molar-refractivity contribution in [3.8, 4) is 0 Å². The van der Waals surface area contributed by atoms with Gasteiger partial charge in [0.2, 0.25) is 11.8 Å². The lowest BCUT2D eigenvalue weighted by Crippen LogP contribution is -2.51. The van der Waals surface area contributed by atoms with E-state index in [9.17, 15) is 14.0 Å². The van der Waals surface area contributed by atoms with Gasteiger partial charge < -0.3 is 15.5 Å². The summed E-state index contributed by atoms with van der Waals surface area (Å²) in [5, 5.41) is 5.88. The number of anilines is 1. The predicted molar refractivity (Wildman–Crippen MR) is 103 cm³/mol. The minimum atomic E-state index is -0.216. The van der Waals surface area contributed by atoms with Crippen molar-refractivity contribution in [1.82, 2.24) is 15.5 Å². The van der Waals surface area contributed by atoms with Crippen molar-refractivity contribution in [2.75, 3.05) is 31.1 Å². The normalized spacial score (nSPS) is 24.0. The molecule has 0 radical (unpaired) electrons. The smallest absolute Gasteiger partial charge is 0.237 e. The Labute approximate surface area is 160 Å². The molecule has 2 heterocycles. The number of carbonyl (C=O) groups excluding carboxylic acids is 2. The van der Waals surface area contributed by atoms with Crippen LogP contribution in [0.1, 0.15) is 33.1 Å². The van der Waals surface area contributed by atoms with Crippen LogP contribution in [0, 0.1) is 5.82 Å². The molecular weight excluding hydrogens is 347 g/mol. The molecule has 2 saturated heterocycles. The molecule has 3 rings (SSSR count). The van der Waals surface area contributed by atoms with Crippen molar-refractivity contribution >= 4 is 17.5 Å². The third-order valence-electron chi connectivity index (χ3n) is 5.53. The summed E-state index contributed by atoms with van der Waals surface area (Å²) >= 11 is 0. The van der Waals surface area contributed by atoms with Crippen LogP contribution in [0.15, 0.2) is 24.3 Å². The maximum atomic E-state index is 14.1. The lowest BCUT2D eigenvalue weighted by molar-refractivity contribution is -0.126. The van der Waals surface area contributed by atoms with Gasteiger partial charge in [-0.15, -0.1) is 0 Å². The van der Waals surface area contributed by atoms with Crippen molar-refractivity contribution < 1.29 is 14.0 Å². The molecule has 27 heavy (non-hydrogen) atoms. The van der Waals surface area contributed by atoms with Gasteiger partial charge in [-0.05, 0) is 38.3 Å². The largest absolute Gasteiger partial charge is 0.369 e. The molecule has 2 N–H and O–H groups in total. The van der Waals surface area contributed by atoms with E-state index in [1.165, 1.54) is 13.0 Å². The number of carbonyl (C=O) groups is 2. The van der Waals surface area contributed by atoms with Crippen molar-refractivity contribution in [3.63, 3.8) is 0 Å². The Hall–Kier alpha value is -2.15. The predicted octanol–water partition coefficient (Wildman–Crippen LogP) is 1.51. The van der Waals surface area contributed by atoms with E-state index in [0.29, 0.717) is 25.2 Å². The van der Waals surface area contributed by atoms with Crippen molar-refractivity contribution in [2.45, 2.75) is 51.2 Å². The Kier molecular flexibility index (Phi) is 6.31. The van der Waals surface area contributed by atoms with E-state index >= 15 is 0 Å². The zero-order valence-electron chi connectivity index (χ0n) is 16.1. The van der Waals surface area contributed by atoms with Gasteiger partial charge in [0, 0.05) is 45.2 Å². The monoisotopic (exact) mass is 376 g/mol. The second-order valence-electron chi connectivity index (χ2n) is 7.41. The second kappa shape index (κ2) is 8.69. The molecule has 2 aliphatic rings. The maximum absolute atomic E-state index is 14.1. The SMILES string of the molecule is CCNC(=O)[C@@H]1C[C@H](NC(C)=O)CN1C1CCN(c2ccccc2F)CC1. The van der Waals surface area contributed by atoms with Crippen LogP contribution in [0.2, 0.25) is 0 Å². The molecule has 0 aromatic heterocycles. The summed E-state index contributed by atoms with van der Waals surface area (Å²) < 4.78 is 14.1. The molecule has 0 aliphatic carbocycles. The maximum Gasteiger partial charge on any atom is 0.237 e. The van der Waals surface area contributed by atoms with Crippen LogP contribution in [0.3, 0.4) is 0 Å². The van der Waals surface area contributed by atoms with Crippen LogP contribution < -0.4 is 15.5 Å². The minimum absolute atomic E-state index is 0.000275. The molecule has 2 aliphatic heterocycles. The standard InChI is InChI=1S/C20H29FN4O2/c1-3-22-20(27)19-12-15(23-14(2)26)13-25(19)16-8-10-24(11-9-16)18-7-5-4-6-17(18)21/h4-7,15-16,19H,3,8-13H2,1-2H3,(H,22,27)(H,23,26)/t15-,19-/m0/s1. The number of likely N-dealkylation sites (tertiary alicyclic amines) is 1. The number of hydrogen-bond donors (Lipinski definition) is 2. The number of hydrogen-bond acceptors (Lipinski definition) is 4. The highest BCUT2D eigenvalue weighted by Crippen LogP contribution is 2.29. The van der Waals surface area contributed by atoms with Gasteiger partial charge in [-0.3, -0.25) is 14.5 Å². The molecule has 148 valence electrons.